The first kappa shape index (κ1) is 14.9. The van der Waals surface area contributed by atoms with Gasteiger partial charge < -0.3 is 14.2 Å². The molecule has 0 aromatic heterocycles. The lowest BCUT2D eigenvalue weighted by Crippen LogP contribution is -2.01. The van der Waals surface area contributed by atoms with E-state index in [9.17, 15) is 4.79 Å². The zero-order valence-electron chi connectivity index (χ0n) is 12.4. The highest BCUT2D eigenvalue weighted by Crippen LogP contribution is 2.27. The minimum absolute atomic E-state index is 0.320. The van der Waals surface area contributed by atoms with Crippen LogP contribution in [0.3, 0.4) is 0 Å². The highest BCUT2D eigenvalue weighted by atomic mass is 16.5. The fraction of sp³-hybridized carbons (Fsp3) is 0.235. The van der Waals surface area contributed by atoms with Crippen LogP contribution >= 0.6 is 0 Å². The van der Waals surface area contributed by atoms with Crippen molar-refractivity contribution in [3.8, 4) is 17.2 Å². The third-order valence-electron chi connectivity index (χ3n) is 3.07. The van der Waals surface area contributed by atoms with Crippen LogP contribution in [-0.4, -0.2) is 20.2 Å². The molecule has 0 aliphatic rings. The normalized spacial score (nSPS) is 10.0. The summed E-state index contributed by atoms with van der Waals surface area (Å²) in [6, 6.07) is 13.2. The Kier molecular flexibility index (Phi) is 4.82. The molecule has 0 fully saturated rings. The van der Waals surface area contributed by atoms with Crippen molar-refractivity contribution in [2.45, 2.75) is 13.3 Å². The second-order valence-corrected chi connectivity index (χ2v) is 4.59. The number of hydrogen-bond donors (Lipinski definition) is 0. The fourth-order valence-electron chi connectivity index (χ4n) is 2.06. The number of hydrogen-bond acceptors (Lipinski definition) is 4. The number of esters is 1. The molecule has 0 unspecified atom stereocenters. The molecule has 0 heterocycles. The summed E-state index contributed by atoms with van der Waals surface area (Å²) in [5, 5.41) is 0. The minimum Gasteiger partial charge on any atom is -0.497 e. The van der Waals surface area contributed by atoms with E-state index in [0.717, 1.165) is 29.0 Å². The number of carbonyl (C=O) groups excluding carboxylic acids is 1. The maximum atomic E-state index is 10.9. The number of rotatable bonds is 5. The second-order valence-electron chi connectivity index (χ2n) is 4.59. The Morgan fingerprint density at radius 3 is 2.19 bits per heavy atom. The third-order valence-corrected chi connectivity index (χ3v) is 3.07. The summed E-state index contributed by atoms with van der Waals surface area (Å²) in [5.41, 5.74) is 2.17. The lowest BCUT2D eigenvalue weighted by molar-refractivity contribution is -0.131. The Labute approximate surface area is 124 Å². The number of carbonyl (C=O) groups is 1. The van der Waals surface area contributed by atoms with Crippen molar-refractivity contribution in [1.29, 1.82) is 0 Å². The van der Waals surface area contributed by atoms with Gasteiger partial charge in [0, 0.05) is 19.4 Å². The van der Waals surface area contributed by atoms with Gasteiger partial charge in [-0.1, -0.05) is 18.2 Å². The van der Waals surface area contributed by atoms with E-state index >= 15 is 0 Å². The minimum atomic E-state index is -0.320. The predicted molar refractivity (Wildman–Crippen MR) is 80.1 cm³/mol. The molecule has 2 rings (SSSR count). The van der Waals surface area contributed by atoms with Crippen molar-refractivity contribution in [2.75, 3.05) is 14.2 Å². The van der Waals surface area contributed by atoms with Crippen LogP contribution < -0.4 is 14.2 Å². The van der Waals surface area contributed by atoms with Gasteiger partial charge >= 0.3 is 5.97 Å². The third kappa shape index (κ3) is 3.99. The Hall–Kier alpha value is -2.49. The van der Waals surface area contributed by atoms with E-state index in [1.54, 1.807) is 26.4 Å². The predicted octanol–water partition coefficient (Wildman–Crippen LogP) is 3.22. The summed E-state index contributed by atoms with van der Waals surface area (Å²) in [6.07, 6.45) is 0.730. The molecule has 0 bridgehead atoms. The average Bonchev–Trinajstić information content (AvgIpc) is 2.49. The van der Waals surface area contributed by atoms with Gasteiger partial charge in [-0.25, -0.2) is 0 Å². The largest absolute Gasteiger partial charge is 0.497 e. The topological polar surface area (TPSA) is 44.8 Å². The van der Waals surface area contributed by atoms with Crippen molar-refractivity contribution in [3.05, 3.63) is 53.6 Å². The molecular weight excluding hydrogens is 268 g/mol. The number of benzene rings is 2. The quantitative estimate of drug-likeness (QED) is 0.625. The summed E-state index contributed by atoms with van der Waals surface area (Å²) in [6.45, 7) is 1.39. The fourth-order valence-corrected chi connectivity index (χ4v) is 2.06. The molecule has 0 aliphatic carbocycles. The lowest BCUT2D eigenvalue weighted by atomic mass is 10.0. The average molecular weight is 286 g/mol. The summed E-state index contributed by atoms with van der Waals surface area (Å²) in [4.78, 5) is 10.9. The van der Waals surface area contributed by atoms with E-state index in [4.69, 9.17) is 14.2 Å². The zero-order chi connectivity index (χ0) is 15.2. The van der Waals surface area contributed by atoms with Gasteiger partial charge in [0.2, 0.25) is 0 Å². The van der Waals surface area contributed by atoms with Gasteiger partial charge in [0.1, 0.15) is 17.2 Å². The molecular formula is C17H18O4. The van der Waals surface area contributed by atoms with Crippen LogP contribution in [0.2, 0.25) is 0 Å². The van der Waals surface area contributed by atoms with Crippen LogP contribution in [0.4, 0.5) is 0 Å². The molecule has 4 nitrogen and oxygen atoms in total. The molecule has 0 saturated carbocycles. The molecule has 4 heteroatoms. The Balaban J connectivity index is 2.16. The molecule has 0 N–H and O–H groups in total. The van der Waals surface area contributed by atoms with Gasteiger partial charge in [-0.15, -0.1) is 0 Å². The second kappa shape index (κ2) is 6.79. The molecule has 0 spiro atoms. The van der Waals surface area contributed by atoms with Gasteiger partial charge in [0.15, 0.2) is 0 Å². The molecule has 2 aromatic carbocycles. The Bertz CT molecular complexity index is 617. The molecule has 21 heavy (non-hydrogen) atoms. The smallest absolute Gasteiger partial charge is 0.308 e. The van der Waals surface area contributed by atoms with E-state index in [-0.39, 0.29) is 5.97 Å². The SMILES string of the molecule is COc1ccc(Cc2ccc(OC(C)=O)cc2)c(OC)c1. The van der Waals surface area contributed by atoms with Crippen LogP contribution in [0.1, 0.15) is 18.1 Å². The van der Waals surface area contributed by atoms with Crippen molar-refractivity contribution < 1.29 is 19.0 Å². The monoisotopic (exact) mass is 286 g/mol. The molecule has 2 aromatic rings. The van der Waals surface area contributed by atoms with Crippen LogP contribution in [0.15, 0.2) is 42.5 Å². The molecule has 110 valence electrons. The summed E-state index contributed by atoms with van der Waals surface area (Å²) < 4.78 is 15.6. The van der Waals surface area contributed by atoms with Crippen LogP contribution in [0.5, 0.6) is 17.2 Å². The van der Waals surface area contributed by atoms with E-state index in [2.05, 4.69) is 0 Å². The lowest BCUT2D eigenvalue weighted by Gasteiger charge is -2.11. The molecule has 0 amide bonds. The first-order valence-electron chi connectivity index (χ1n) is 6.60. The van der Waals surface area contributed by atoms with Gasteiger partial charge in [-0.05, 0) is 29.3 Å². The van der Waals surface area contributed by atoms with Crippen LogP contribution in [-0.2, 0) is 11.2 Å². The molecule has 0 radical (unpaired) electrons. The van der Waals surface area contributed by atoms with Gasteiger partial charge in [0.05, 0.1) is 14.2 Å². The maximum absolute atomic E-state index is 10.9. The number of methoxy groups -OCH3 is 2. The van der Waals surface area contributed by atoms with Crippen LogP contribution in [0.25, 0.3) is 0 Å². The standard InChI is InChI=1S/C17H18O4/c1-12(18)21-15-7-4-13(5-8-15)10-14-6-9-16(19-2)11-17(14)20-3/h4-9,11H,10H2,1-3H3. The maximum Gasteiger partial charge on any atom is 0.308 e. The first-order valence-corrected chi connectivity index (χ1v) is 6.60. The highest BCUT2D eigenvalue weighted by molar-refractivity contribution is 5.69. The van der Waals surface area contributed by atoms with Crippen LogP contribution in [0, 0.1) is 0 Å². The van der Waals surface area contributed by atoms with E-state index in [1.165, 1.54) is 6.92 Å². The summed E-state index contributed by atoms with van der Waals surface area (Å²) in [7, 11) is 3.27. The van der Waals surface area contributed by atoms with Gasteiger partial charge in [-0.3, -0.25) is 4.79 Å². The van der Waals surface area contributed by atoms with E-state index in [0.29, 0.717) is 5.75 Å². The van der Waals surface area contributed by atoms with E-state index < -0.39 is 0 Å². The molecule has 0 saturated heterocycles. The Morgan fingerprint density at radius 2 is 1.62 bits per heavy atom. The van der Waals surface area contributed by atoms with Crippen molar-refractivity contribution in [1.82, 2.24) is 0 Å². The van der Waals surface area contributed by atoms with E-state index in [1.807, 2.05) is 30.3 Å². The molecule has 0 aliphatic heterocycles. The summed E-state index contributed by atoms with van der Waals surface area (Å²) >= 11 is 0. The Morgan fingerprint density at radius 1 is 0.952 bits per heavy atom. The summed E-state index contributed by atoms with van der Waals surface area (Å²) in [5.74, 6) is 1.78. The van der Waals surface area contributed by atoms with Crippen molar-refractivity contribution in [3.63, 3.8) is 0 Å². The first-order chi connectivity index (χ1) is 10.1. The van der Waals surface area contributed by atoms with Gasteiger partial charge in [0.25, 0.3) is 0 Å². The van der Waals surface area contributed by atoms with Gasteiger partial charge in [-0.2, -0.15) is 0 Å². The highest BCUT2D eigenvalue weighted by Gasteiger charge is 2.06. The van der Waals surface area contributed by atoms with Crippen molar-refractivity contribution in [2.24, 2.45) is 0 Å². The number of ether oxygens (including phenoxy) is 3. The molecule has 0 atom stereocenters. The van der Waals surface area contributed by atoms with Crippen molar-refractivity contribution >= 4 is 5.97 Å². The zero-order valence-corrected chi connectivity index (χ0v) is 12.4.